The van der Waals surface area contributed by atoms with Crippen molar-refractivity contribution in [2.75, 3.05) is 26.2 Å². The predicted octanol–water partition coefficient (Wildman–Crippen LogP) is 4.08. The minimum Gasteiger partial charge on any atom is -0.759 e. The zero-order chi connectivity index (χ0) is 24.1. The van der Waals surface area contributed by atoms with Crippen LogP contribution in [0.25, 0.3) is 0 Å². The fourth-order valence-corrected chi connectivity index (χ4v) is 3.19. The summed E-state index contributed by atoms with van der Waals surface area (Å²) in [5, 5.41) is 4.90. The second-order valence-corrected chi connectivity index (χ2v) is 9.20. The van der Waals surface area contributed by atoms with Crippen LogP contribution in [0.4, 0.5) is 0 Å². The molecule has 0 bridgehead atoms. The quantitative estimate of drug-likeness (QED) is 0.159. The van der Waals surface area contributed by atoms with Crippen molar-refractivity contribution < 1.29 is 28.2 Å². The summed E-state index contributed by atoms with van der Waals surface area (Å²) in [5.74, 6) is 0. The lowest BCUT2D eigenvalue weighted by Crippen LogP contribution is -2.84. The number of unbranched alkanes of at least 4 members (excludes halogenated alkanes) is 12. The molecule has 0 aliphatic carbocycles. The molecule has 4 N–H and O–H groups in total. The highest BCUT2D eigenvalue weighted by molar-refractivity contribution is 7.79. The van der Waals surface area contributed by atoms with Crippen molar-refractivity contribution in [1.82, 2.24) is 0 Å². The fourth-order valence-electron chi connectivity index (χ4n) is 3.19. The molecule has 0 rings (SSSR count). The van der Waals surface area contributed by atoms with E-state index >= 15 is 0 Å². The molecule has 0 radical (unpaired) electrons. The van der Waals surface area contributed by atoms with E-state index in [0.29, 0.717) is 0 Å². The highest BCUT2D eigenvalue weighted by atomic mass is 32.3. The number of hydrogen-bond donors (Lipinski definition) is 2. The van der Waals surface area contributed by atoms with Crippen LogP contribution in [0.2, 0.25) is 0 Å². The Hall–Kier alpha value is -0.210. The van der Waals surface area contributed by atoms with Crippen molar-refractivity contribution in [3.8, 4) is 0 Å². The van der Waals surface area contributed by atoms with Crippen LogP contribution < -0.4 is 10.6 Å². The Morgan fingerprint density at radius 1 is 0.452 bits per heavy atom. The summed E-state index contributed by atoms with van der Waals surface area (Å²) in [4.78, 5) is 0. The van der Waals surface area contributed by atoms with Crippen molar-refractivity contribution in [1.29, 1.82) is 0 Å². The molecule has 0 heterocycles. The van der Waals surface area contributed by atoms with Gasteiger partial charge < -0.3 is 19.7 Å². The standard InChI is InChI=1S/2C12H27N.H2O4S/c2*1-3-5-6-7-8-9-10-12-13-11-4-2;1-5(2,3)4/h2*13H,3-12H2,1-2H3;(H2,1,2,3,4). The first-order chi connectivity index (χ1) is 14.8. The van der Waals surface area contributed by atoms with Gasteiger partial charge >= 0.3 is 0 Å². The van der Waals surface area contributed by atoms with Gasteiger partial charge in [-0.2, -0.15) is 0 Å². The number of nitrogens with two attached hydrogens (primary N) is 2. The van der Waals surface area contributed by atoms with Crippen LogP contribution in [0.5, 0.6) is 0 Å². The van der Waals surface area contributed by atoms with Crippen molar-refractivity contribution in [3.63, 3.8) is 0 Å². The third-order valence-corrected chi connectivity index (χ3v) is 5.01. The van der Waals surface area contributed by atoms with Gasteiger partial charge in [0.25, 0.3) is 0 Å². The Kier molecular flexibility index (Phi) is 36.5. The normalized spacial score (nSPS) is 10.8. The maximum atomic E-state index is 8.52. The molecule has 0 aromatic rings. The Bertz CT molecular complexity index is 343. The molecule has 0 aromatic heterocycles. The van der Waals surface area contributed by atoms with Crippen LogP contribution in [0.15, 0.2) is 0 Å². The average molecular weight is 469 g/mol. The maximum Gasteiger partial charge on any atom is 0.0755 e. The lowest BCUT2D eigenvalue weighted by molar-refractivity contribution is -0.655. The molecule has 0 fully saturated rings. The van der Waals surface area contributed by atoms with Crippen LogP contribution in [0.3, 0.4) is 0 Å². The van der Waals surface area contributed by atoms with Crippen molar-refractivity contribution in [3.05, 3.63) is 0 Å². The molecule has 0 amide bonds. The molecule has 0 spiro atoms. The summed E-state index contributed by atoms with van der Waals surface area (Å²) in [6.45, 7) is 14.4. The SMILES string of the molecule is CCCCCCCCC[NH2+]CCC.CCCCCCCCC[NH2+]CCC.O=S(=O)([O-])[O-]. The summed E-state index contributed by atoms with van der Waals surface area (Å²) >= 11 is 0. The molecule has 0 atom stereocenters. The summed E-state index contributed by atoms with van der Waals surface area (Å²) in [6, 6.07) is 0. The summed E-state index contributed by atoms with van der Waals surface area (Å²) in [7, 11) is -5.17. The van der Waals surface area contributed by atoms with E-state index in [2.05, 4.69) is 38.3 Å². The van der Waals surface area contributed by atoms with Crippen LogP contribution in [0.1, 0.15) is 130 Å². The fraction of sp³-hybridized carbons (Fsp3) is 1.00. The first-order valence-electron chi connectivity index (χ1n) is 13.1. The van der Waals surface area contributed by atoms with Crippen LogP contribution in [-0.4, -0.2) is 43.7 Å². The van der Waals surface area contributed by atoms with Gasteiger partial charge in [-0.3, -0.25) is 8.42 Å². The third kappa shape index (κ3) is 58.7. The first-order valence-corrected chi connectivity index (χ1v) is 14.5. The van der Waals surface area contributed by atoms with Gasteiger partial charge in [0.15, 0.2) is 0 Å². The molecular formula is C24H56N2O4S. The van der Waals surface area contributed by atoms with Gasteiger partial charge in [0.05, 0.1) is 26.2 Å². The largest absolute Gasteiger partial charge is 0.759 e. The van der Waals surface area contributed by atoms with E-state index in [1.54, 1.807) is 0 Å². The monoisotopic (exact) mass is 468 g/mol. The summed E-state index contributed by atoms with van der Waals surface area (Å²) in [5.41, 5.74) is 0. The molecule has 7 heteroatoms. The summed E-state index contributed by atoms with van der Waals surface area (Å²) < 4.78 is 34.1. The van der Waals surface area contributed by atoms with Gasteiger partial charge in [-0.25, -0.2) is 0 Å². The Morgan fingerprint density at radius 3 is 0.968 bits per heavy atom. The van der Waals surface area contributed by atoms with E-state index in [1.165, 1.54) is 129 Å². The second kappa shape index (κ2) is 32.0. The van der Waals surface area contributed by atoms with E-state index in [9.17, 15) is 0 Å². The van der Waals surface area contributed by atoms with E-state index in [1.807, 2.05) is 0 Å². The van der Waals surface area contributed by atoms with Gasteiger partial charge in [0, 0.05) is 10.4 Å². The molecule has 0 unspecified atom stereocenters. The van der Waals surface area contributed by atoms with Crippen LogP contribution in [-0.2, 0) is 10.4 Å². The van der Waals surface area contributed by atoms with Crippen molar-refractivity contribution in [2.24, 2.45) is 0 Å². The van der Waals surface area contributed by atoms with Gasteiger partial charge in [-0.15, -0.1) is 0 Å². The third-order valence-electron chi connectivity index (χ3n) is 5.01. The van der Waals surface area contributed by atoms with Crippen LogP contribution in [0, 0.1) is 0 Å². The van der Waals surface area contributed by atoms with Gasteiger partial charge in [-0.1, -0.05) is 91.9 Å². The Morgan fingerprint density at radius 2 is 0.710 bits per heavy atom. The minimum atomic E-state index is -5.17. The molecular weight excluding hydrogens is 412 g/mol. The average Bonchev–Trinajstić information content (AvgIpc) is 2.71. The van der Waals surface area contributed by atoms with Gasteiger partial charge in [0.2, 0.25) is 0 Å². The molecule has 192 valence electrons. The van der Waals surface area contributed by atoms with Gasteiger partial charge in [-0.05, 0) is 38.5 Å². The highest BCUT2D eigenvalue weighted by Gasteiger charge is 1.93. The van der Waals surface area contributed by atoms with E-state index in [4.69, 9.17) is 17.5 Å². The molecule has 0 aromatic carbocycles. The molecule has 0 aliphatic heterocycles. The lowest BCUT2D eigenvalue weighted by Gasteiger charge is -2.06. The number of hydrogen-bond acceptors (Lipinski definition) is 4. The lowest BCUT2D eigenvalue weighted by atomic mass is 10.1. The Balaban J connectivity index is -0.000000416. The molecule has 0 aliphatic rings. The van der Waals surface area contributed by atoms with E-state index < -0.39 is 10.4 Å². The first kappa shape index (κ1) is 35.4. The molecule has 6 nitrogen and oxygen atoms in total. The zero-order valence-corrected chi connectivity index (χ0v) is 22.2. The molecule has 0 saturated carbocycles. The smallest absolute Gasteiger partial charge is 0.0755 e. The van der Waals surface area contributed by atoms with Gasteiger partial charge in [0.1, 0.15) is 0 Å². The van der Waals surface area contributed by atoms with Crippen LogP contribution >= 0.6 is 0 Å². The second-order valence-electron chi connectivity index (χ2n) is 8.38. The van der Waals surface area contributed by atoms with E-state index in [-0.39, 0.29) is 0 Å². The highest BCUT2D eigenvalue weighted by Crippen LogP contribution is 2.06. The topological polar surface area (TPSA) is 113 Å². The zero-order valence-electron chi connectivity index (χ0n) is 21.3. The summed E-state index contributed by atoms with van der Waals surface area (Å²) in [6.07, 6.45) is 22.7. The molecule has 0 saturated heterocycles. The van der Waals surface area contributed by atoms with E-state index in [0.717, 1.165) is 0 Å². The number of rotatable bonds is 20. The molecule has 31 heavy (non-hydrogen) atoms. The van der Waals surface area contributed by atoms with Crippen molar-refractivity contribution in [2.45, 2.75) is 130 Å². The Labute approximate surface area is 195 Å². The number of quaternary nitrogens is 2. The maximum absolute atomic E-state index is 8.52. The predicted molar refractivity (Wildman–Crippen MR) is 130 cm³/mol. The minimum absolute atomic E-state index is 1.32. The van der Waals surface area contributed by atoms with Crippen molar-refractivity contribution >= 4 is 10.4 Å².